The van der Waals surface area contributed by atoms with Crippen molar-refractivity contribution in [3.8, 4) is 11.5 Å². The summed E-state index contributed by atoms with van der Waals surface area (Å²) in [6, 6.07) is 19.0. The number of benzene rings is 3. The van der Waals surface area contributed by atoms with E-state index in [1.807, 2.05) is 19.1 Å². The van der Waals surface area contributed by atoms with Crippen LogP contribution < -0.4 is 14.9 Å². The summed E-state index contributed by atoms with van der Waals surface area (Å²) in [6.45, 7) is 1.78. The number of aryl methyl sites for hydroxylation is 1. The molecular weight excluding hydrogens is 484 g/mol. The van der Waals surface area contributed by atoms with E-state index in [1.165, 1.54) is 6.21 Å². The van der Waals surface area contributed by atoms with Crippen LogP contribution in [-0.2, 0) is 4.79 Å². The van der Waals surface area contributed by atoms with Crippen molar-refractivity contribution in [2.24, 2.45) is 5.10 Å². The summed E-state index contributed by atoms with van der Waals surface area (Å²) < 4.78 is 11.6. The molecular formula is C23H18BrClN2O4. The summed E-state index contributed by atoms with van der Waals surface area (Å²) in [5.41, 5.74) is 4.21. The van der Waals surface area contributed by atoms with Gasteiger partial charge in [-0.2, -0.15) is 5.10 Å². The Morgan fingerprint density at radius 3 is 2.58 bits per heavy atom. The van der Waals surface area contributed by atoms with Gasteiger partial charge >= 0.3 is 5.97 Å². The largest absolute Gasteiger partial charge is 0.484 e. The van der Waals surface area contributed by atoms with Crippen molar-refractivity contribution in [3.05, 3.63) is 92.9 Å². The average molecular weight is 502 g/mol. The third-order valence-corrected chi connectivity index (χ3v) is 4.87. The van der Waals surface area contributed by atoms with Gasteiger partial charge in [-0.15, -0.1) is 0 Å². The fourth-order valence-electron chi connectivity index (χ4n) is 2.48. The fraction of sp³-hybridized carbons (Fsp3) is 0.0870. The molecule has 0 aromatic heterocycles. The summed E-state index contributed by atoms with van der Waals surface area (Å²) in [4.78, 5) is 24.4. The molecule has 0 saturated carbocycles. The number of ether oxygens (including phenoxy) is 2. The quantitative estimate of drug-likeness (QED) is 0.210. The lowest BCUT2D eigenvalue weighted by atomic mass is 10.2. The molecule has 0 heterocycles. The summed E-state index contributed by atoms with van der Waals surface area (Å²) in [5, 5.41) is 4.22. The third-order valence-electron chi connectivity index (χ3n) is 4.05. The SMILES string of the molecule is Cc1ccc(OCC(=O)N/N=C\c2cc(Br)ccc2OC(=O)c2ccccc2Cl)cc1. The van der Waals surface area contributed by atoms with E-state index in [1.54, 1.807) is 54.6 Å². The smallest absolute Gasteiger partial charge is 0.345 e. The Labute approximate surface area is 193 Å². The van der Waals surface area contributed by atoms with Crippen molar-refractivity contribution in [2.45, 2.75) is 6.92 Å². The first kappa shape index (κ1) is 22.5. The highest BCUT2D eigenvalue weighted by Gasteiger charge is 2.14. The topological polar surface area (TPSA) is 77.0 Å². The maximum Gasteiger partial charge on any atom is 0.345 e. The van der Waals surface area contributed by atoms with Gasteiger partial charge in [0.1, 0.15) is 11.5 Å². The zero-order chi connectivity index (χ0) is 22.2. The molecule has 0 aliphatic heterocycles. The molecule has 0 fully saturated rings. The fourth-order valence-corrected chi connectivity index (χ4v) is 3.08. The van der Waals surface area contributed by atoms with Crippen LogP contribution in [0, 0.1) is 6.92 Å². The molecule has 31 heavy (non-hydrogen) atoms. The summed E-state index contributed by atoms with van der Waals surface area (Å²) in [5.74, 6) is -0.174. The molecule has 1 amide bonds. The molecule has 0 spiro atoms. The number of carbonyl (C=O) groups excluding carboxylic acids is 2. The lowest BCUT2D eigenvalue weighted by molar-refractivity contribution is -0.123. The van der Waals surface area contributed by atoms with Gasteiger partial charge in [0, 0.05) is 10.0 Å². The van der Waals surface area contributed by atoms with Crippen molar-refractivity contribution < 1.29 is 19.1 Å². The van der Waals surface area contributed by atoms with Gasteiger partial charge in [-0.3, -0.25) is 4.79 Å². The number of halogens is 2. The van der Waals surface area contributed by atoms with Crippen LogP contribution in [0.15, 0.2) is 76.3 Å². The first-order valence-corrected chi connectivity index (χ1v) is 10.4. The first-order chi connectivity index (χ1) is 14.9. The van der Waals surface area contributed by atoms with Crippen LogP contribution in [0.3, 0.4) is 0 Å². The predicted octanol–water partition coefficient (Wildman–Crippen LogP) is 5.16. The van der Waals surface area contributed by atoms with Crippen LogP contribution in [0.5, 0.6) is 11.5 Å². The first-order valence-electron chi connectivity index (χ1n) is 9.20. The average Bonchev–Trinajstić information content (AvgIpc) is 2.75. The number of carbonyl (C=O) groups is 2. The van der Waals surface area contributed by atoms with E-state index in [-0.39, 0.29) is 17.9 Å². The maximum absolute atomic E-state index is 12.4. The molecule has 158 valence electrons. The van der Waals surface area contributed by atoms with E-state index in [0.717, 1.165) is 10.0 Å². The highest BCUT2D eigenvalue weighted by molar-refractivity contribution is 9.10. The standard InChI is InChI=1S/C23H18BrClN2O4/c1-15-6-9-18(10-7-15)30-14-22(28)27-26-13-16-12-17(24)8-11-21(16)31-23(29)19-4-2-3-5-20(19)25/h2-13H,14H2,1H3,(H,27,28)/b26-13-. The number of rotatable bonds is 7. The highest BCUT2D eigenvalue weighted by atomic mass is 79.9. The monoisotopic (exact) mass is 500 g/mol. The van der Waals surface area contributed by atoms with E-state index in [9.17, 15) is 9.59 Å². The molecule has 3 rings (SSSR count). The van der Waals surface area contributed by atoms with Crippen molar-refractivity contribution in [1.82, 2.24) is 5.43 Å². The minimum absolute atomic E-state index is 0.187. The lowest BCUT2D eigenvalue weighted by Crippen LogP contribution is -2.24. The molecule has 3 aromatic rings. The van der Waals surface area contributed by atoms with Crippen molar-refractivity contribution in [2.75, 3.05) is 6.61 Å². The number of nitrogens with zero attached hydrogens (tertiary/aromatic N) is 1. The van der Waals surface area contributed by atoms with Crippen molar-refractivity contribution in [3.63, 3.8) is 0 Å². The Morgan fingerprint density at radius 1 is 1.10 bits per heavy atom. The van der Waals surface area contributed by atoms with Gasteiger partial charge in [-0.05, 0) is 49.4 Å². The van der Waals surface area contributed by atoms with E-state index in [0.29, 0.717) is 16.3 Å². The van der Waals surface area contributed by atoms with Gasteiger partial charge in [0.05, 0.1) is 16.8 Å². The van der Waals surface area contributed by atoms with Crippen LogP contribution in [0.2, 0.25) is 5.02 Å². The van der Waals surface area contributed by atoms with Gasteiger partial charge in [0.2, 0.25) is 0 Å². The third kappa shape index (κ3) is 6.67. The molecule has 0 atom stereocenters. The Kier molecular flexibility index (Phi) is 7.81. The minimum Gasteiger partial charge on any atom is -0.484 e. The molecule has 0 saturated heterocycles. The Bertz CT molecular complexity index is 1120. The number of hydrazone groups is 1. The van der Waals surface area contributed by atoms with Crippen molar-refractivity contribution in [1.29, 1.82) is 0 Å². The van der Waals surface area contributed by atoms with Crippen molar-refractivity contribution >= 4 is 45.6 Å². The van der Waals surface area contributed by atoms with Gasteiger partial charge in [0.15, 0.2) is 6.61 Å². The van der Waals surface area contributed by atoms with E-state index in [4.69, 9.17) is 21.1 Å². The Balaban J connectivity index is 1.62. The molecule has 6 nitrogen and oxygen atoms in total. The summed E-state index contributed by atoms with van der Waals surface area (Å²) >= 11 is 9.42. The number of hydrogen-bond donors (Lipinski definition) is 1. The van der Waals surface area contributed by atoms with Crippen LogP contribution in [0.25, 0.3) is 0 Å². The molecule has 8 heteroatoms. The lowest BCUT2D eigenvalue weighted by Gasteiger charge is -2.09. The molecule has 1 N–H and O–H groups in total. The number of nitrogens with one attached hydrogen (secondary N) is 1. The zero-order valence-corrected chi connectivity index (χ0v) is 18.8. The highest BCUT2D eigenvalue weighted by Crippen LogP contribution is 2.24. The van der Waals surface area contributed by atoms with Gasteiger partial charge in [-0.25, -0.2) is 10.2 Å². The van der Waals surface area contributed by atoms with Gasteiger partial charge in [0.25, 0.3) is 5.91 Å². The van der Waals surface area contributed by atoms with Gasteiger partial charge < -0.3 is 9.47 Å². The summed E-state index contributed by atoms with van der Waals surface area (Å²) in [6.07, 6.45) is 1.38. The van der Waals surface area contributed by atoms with Crippen LogP contribution in [-0.4, -0.2) is 24.7 Å². The predicted molar refractivity (Wildman–Crippen MR) is 123 cm³/mol. The van der Waals surface area contributed by atoms with E-state index in [2.05, 4.69) is 26.5 Å². The summed E-state index contributed by atoms with van der Waals surface area (Å²) in [7, 11) is 0. The Morgan fingerprint density at radius 2 is 1.84 bits per heavy atom. The molecule has 0 unspecified atom stereocenters. The number of amides is 1. The molecule has 3 aromatic carbocycles. The second-order valence-electron chi connectivity index (χ2n) is 6.45. The van der Waals surface area contributed by atoms with Crippen LogP contribution >= 0.6 is 27.5 Å². The maximum atomic E-state index is 12.4. The number of esters is 1. The van der Waals surface area contributed by atoms with E-state index < -0.39 is 11.9 Å². The molecule has 0 radical (unpaired) electrons. The minimum atomic E-state index is -0.599. The molecule has 0 bridgehead atoms. The molecule has 0 aliphatic rings. The second kappa shape index (κ2) is 10.7. The van der Waals surface area contributed by atoms with E-state index >= 15 is 0 Å². The van der Waals surface area contributed by atoms with Gasteiger partial charge in [-0.1, -0.05) is 57.4 Å². The number of hydrogen-bond acceptors (Lipinski definition) is 5. The molecule has 0 aliphatic carbocycles. The van der Waals surface area contributed by atoms with Crippen LogP contribution in [0.4, 0.5) is 0 Å². The zero-order valence-electron chi connectivity index (χ0n) is 16.5. The Hall–Kier alpha value is -3.16. The normalized spacial score (nSPS) is 10.7. The second-order valence-corrected chi connectivity index (χ2v) is 7.77. The van der Waals surface area contributed by atoms with Crippen LogP contribution in [0.1, 0.15) is 21.5 Å².